The van der Waals surface area contributed by atoms with Gasteiger partial charge in [-0.05, 0) is 30.5 Å². The number of piperidine rings is 1. The van der Waals surface area contributed by atoms with E-state index in [9.17, 15) is 9.59 Å². The first-order valence-electron chi connectivity index (χ1n) is 9.80. The largest absolute Gasteiger partial charge is 0.469 e. The van der Waals surface area contributed by atoms with Crippen LogP contribution in [0.25, 0.3) is 0 Å². The van der Waals surface area contributed by atoms with Gasteiger partial charge in [-0.2, -0.15) is 0 Å². The van der Waals surface area contributed by atoms with Crippen LogP contribution in [0.1, 0.15) is 36.5 Å². The van der Waals surface area contributed by atoms with Crippen molar-refractivity contribution in [2.45, 2.75) is 30.8 Å². The fraction of sp³-hybridized carbons (Fsp3) is 0.455. The maximum absolute atomic E-state index is 13.0. The lowest BCUT2D eigenvalue weighted by Gasteiger charge is -2.46. The van der Waals surface area contributed by atoms with Crippen molar-refractivity contribution in [3.05, 3.63) is 60.1 Å². The predicted octanol–water partition coefficient (Wildman–Crippen LogP) is 2.65. The quantitative estimate of drug-likeness (QED) is 0.816. The molecule has 6 heteroatoms. The molecule has 0 saturated carbocycles. The number of ether oxygens (including phenoxy) is 1. The summed E-state index contributed by atoms with van der Waals surface area (Å²) in [5.41, 5.74) is 0.772. The second kappa shape index (κ2) is 7.80. The van der Waals surface area contributed by atoms with Crippen molar-refractivity contribution in [3.8, 4) is 0 Å². The van der Waals surface area contributed by atoms with Crippen LogP contribution < -0.4 is 0 Å². The first kappa shape index (κ1) is 18.7. The first-order chi connectivity index (χ1) is 13.6. The number of furan rings is 1. The molecular weight excluding hydrogens is 356 g/mol. The van der Waals surface area contributed by atoms with Gasteiger partial charge in [0, 0.05) is 33.1 Å². The summed E-state index contributed by atoms with van der Waals surface area (Å²) in [5.74, 6) is 0.867. The summed E-state index contributed by atoms with van der Waals surface area (Å²) < 4.78 is 11.5. The van der Waals surface area contributed by atoms with E-state index in [1.807, 2.05) is 54.4 Å². The van der Waals surface area contributed by atoms with E-state index in [1.165, 1.54) is 0 Å². The van der Waals surface area contributed by atoms with E-state index in [2.05, 4.69) is 0 Å². The molecule has 2 aliphatic heterocycles. The number of nitrogens with zero attached hydrogens (tertiary/aromatic N) is 2. The molecule has 2 fully saturated rings. The number of carbonyl (C=O) groups excluding carboxylic acids is 2. The molecular formula is C22H26N2O4. The van der Waals surface area contributed by atoms with Crippen molar-refractivity contribution >= 4 is 11.8 Å². The maximum Gasteiger partial charge on any atom is 0.248 e. The van der Waals surface area contributed by atoms with Gasteiger partial charge in [0.1, 0.15) is 12.4 Å². The summed E-state index contributed by atoms with van der Waals surface area (Å²) in [7, 11) is 1.82. The zero-order valence-electron chi connectivity index (χ0n) is 16.2. The van der Waals surface area contributed by atoms with Crippen molar-refractivity contribution in [1.29, 1.82) is 0 Å². The van der Waals surface area contributed by atoms with Gasteiger partial charge in [0.25, 0.3) is 0 Å². The van der Waals surface area contributed by atoms with Crippen molar-refractivity contribution in [2.75, 3.05) is 33.3 Å². The molecule has 1 spiro atoms. The molecule has 148 valence electrons. The lowest BCUT2D eigenvalue weighted by molar-refractivity contribution is -0.170. The van der Waals surface area contributed by atoms with Crippen LogP contribution in [0.15, 0.2) is 53.1 Å². The molecule has 0 N–H and O–H groups in total. The van der Waals surface area contributed by atoms with Gasteiger partial charge in [0.15, 0.2) is 0 Å². The molecule has 6 nitrogen and oxygen atoms in total. The van der Waals surface area contributed by atoms with Crippen molar-refractivity contribution in [2.24, 2.45) is 0 Å². The van der Waals surface area contributed by atoms with Gasteiger partial charge in [-0.15, -0.1) is 0 Å². The van der Waals surface area contributed by atoms with Gasteiger partial charge in [0.05, 0.1) is 17.8 Å². The van der Waals surface area contributed by atoms with Gasteiger partial charge in [-0.1, -0.05) is 30.3 Å². The standard InChI is InChI=1S/C22H26N2O4/c1-23-16-22(28-15-21(23)26)9-11-24(12-10-22)20(25)14-18(19-8-5-13-27-19)17-6-3-2-4-7-17/h2-8,13,18H,9-12,14-16H2,1H3/t18-/m0/s1. The molecule has 0 aliphatic carbocycles. The summed E-state index contributed by atoms with van der Waals surface area (Å²) >= 11 is 0. The highest BCUT2D eigenvalue weighted by atomic mass is 16.5. The Kier molecular flexibility index (Phi) is 5.22. The molecule has 3 heterocycles. The Balaban J connectivity index is 1.41. The first-order valence-corrected chi connectivity index (χ1v) is 9.80. The van der Waals surface area contributed by atoms with E-state index >= 15 is 0 Å². The molecule has 4 rings (SSSR count). The Morgan fingerprint density at radius 2 is 1.89 bits per heavy atom. The third-order valence-corrected chi connectivity index (χ3v) is 5.95. The minimum absolute atomic E-state index is 0.0216. The Hall–Kier alpha value is -2.60. The number of likely N-dealkylation sites (tertiary alicyclic amines) is 1. The monoisotopic (exact) mass is 382 g/mol. The van der Waals surface area contributed by atoms with Crippen LogP contribution in [0.2, 0.25) is 0 Å². The maximum atomic E-state index is 13.0. The molecule has 1 atom stereocenters. The smallest absolute Gasteiger partial charge is 0.248 e. The summed E-state index contributed by atoms with van der Waals surface area (Å²) in [6.07, 6.45) is 3.54. The van der Waals surface area contributed by atoms with Crippen molar-refractivity contribution in [1.82, 2.24) is 9.80 Å². The SMILES string of the molecule is CN1CC2(CCN(C(=O)C[C@@H](c3ccccc3)c3ccco3)CC2)OCC1=O. The number of rotatable bonds is 4. The Labute approximate surface area is 165 Å². The highest BCUT2D eigenvalue weighted by Gasteiger charge is 2.42. The van der Waals surface area contributed by atoms with Crippen LogP contribution in [-0.4, -0.2) is 60.5 Å². The van der Waals surface area contributed by atoms with Gasteiger partial charge in [0.2, 0.25) is 11.8 Å². The zero-order chi connectivity index (χ0) is 19.6. The molecule has 1 aromatic heterocycles. The van der Waals surface area contributed by atoms with Crippen LogP contribution in [0.3, 0.4) is 0 Å². The summed E-state index contributed by atoms with van der Waals surface area (Å²) in [4.78, 5) is 28.4. The summed E-state index contributed by atoms with van der Waals surface area (Å²) in [6.45, 7) is 2.05. The highest BCUT2D eigenvalue weighted by molar-refractivity contribution is 5.79. The number of amides is 2. The van der Waals surface area contributed by atoms with E-state index in [4.69, 9.17) is 9.15 Å². The fourth-order valence-electron chi connectivity index (χ4n) is 4.22. The number of morpholine rings is 1. The normalized spacial score (nSPS) is 20.4. The zero-order valence-corrected chi connectivity index (χ0v) is 16.2. The number of benzene rings is 1. The van der Waals surface area contributed by atoms with Crippen molar-refractivity contribution < 1.29 is 18.7 Å². The summed E-state index contributed by atoms with van der Waals surface area (Å²) in [6, 6.07) is 13.8. The molecule has 1 aromatic carbocycles. The molecule has 2 amide bonds. The second-order valence-corrected chi connectivity index (χ2v) is 7.79. The van der Waals surface area contributed by atoms with Crippen LogP contribution >= 0.6 is 0 Å². The van der Waals surface area contributed by atoms with Gasteiger partial charge >= 0.3 is 0 Å². The topological polar surface area (TPSA) is 63.0 Å². The minimum atomic E-state index is -0.306. The average Bonchev–Trinajstić information content (AvgIpc) is 3.25. The molecule has 2 aromatic rings. The summed E-state index contributed by atoms with van der Waals surface area (Å²) in [5, 5.41) is 0. The Morgan fingerprint density at radius 1 is 1.14 bits per heavy atom. The third-order valence-electron chi connectivity index (χ3n) is 5.95. The number of carbonyl (C=O) groups is 2. The molecule has 2 saturated heterocycles. The Bertz CT molecular complexity index is 810. The van der Waals surface area contributed by atoms with E-state index in [-0.39, 0.29) is 29.9 Å². The van der Waals surface area contributed by atoms with Gasteiger partial charge in [-0.25, -0.2) is 0 Å². The van der Waals surface area contributed by atoms with Crippen molar-refractivity contribution in [3.63, 3.8) is 0 Å². The van der Waals surface area contributed by atoms with E-state index < -0.39 is 0 Å². The lowest BCUT2D eigenvalue weighted by atomic mass is 9.88. The average molecular weight is 382 g/mol. The predicted molar refractivity (Wildman–Crippen MR) is 104 cm³/mol. The van der Waals surface area contributed by atoms with Crippen LogP contribution in [0, 0.1) is 0 Å². The van der Waals surface area contributed by atoms with Crippen LogP contribution in [0.4, 0.5) is 0 Å². The minimum Gasteiger partial charge on any atom is -0.469 e. The second-order valence-electron chi connectivity index (χ2n) is 7.79. The van der Waals surface area contributed by atoms with Gasteiger partial charge in [-0.3, -0.25) is 9.59 Å². The van der Waals surface area contributed by atoms with E-state index in [0.29, 0.717) is 26.1 Å². The van der Waals surface area contributed by atoms with Crippen LogP contribution in [0.5, 0.6) is 0 Å². The molecule has 0 radical (unpaired) electrons. The fourth-order valence-corrected chi connectivity index (χ4v) is 4.22. The van der Waals surface area contributed by atoms with Gasteiger partial charge < -0.3 is 19.0 Å². The lowest BCUT2D eigenvalue weighted by Crippen LogP contribution is -2.58. The number of hydrogen-bond donors (Lipinski definition) is 0. The molecule has 0 bridgehead atoms. The van der Waals surface area contributed by atoms with Crippen LogP contribution in [-0.2, 0) is 14.3 Å². The third kappa shape index (κ3) is 3.83. The molecule has 0 unspecified atom stereocenters. The molecule has 2 aliphatic rings. The Morgan fingerprint density at radius 3 is 2.54 bits per heavy atom. The number of likely N-dealkylation sites (N-methyl/N-ethyl adjacent to an activating group) is 1. The van der Waals surface area contributed by atoms with E-state index in [1.54, 1.807) is 11.2 Å². The number of hydrogen-bond acceptors (Lipinski definition) is 4. The highest BCUT2D eigenvalue weighted by Crippen LogP contribution is 2.33. The van der Waals surface area contributed by atoms with E-state index in [0.717, 1.165) is 24.2 Å². The molecule has 28 heavy (non-hydrogen) atoms.